The average Bonchev–Trinajstić information content (AvgIpc) is 2.18. The number of nitrogens with one attached hydrogen (secondary N) is 1. The quantitative estimate of drug-likeness (QED) is 0.612. The molecule has 1 aliphatic heterocycles. The Morgan fingerprint density at radius 2 is 2.07 bits per heavy atom. The number of β-amino-alcohol motifs (C(OH)–C–C–N with tert-alkyl or cyclic N) is 1. The van der Waals surface area contributed by atoms with Crippen LogP contribution >= 0.6 is 0 Å². The van der Waals surface area contributed by atoms with Gasteiger partial charge in [-0.1, -0.05) is 6.42 Å². The molecule has 15 heavy (non-hydrogen) atoms. The van der Waals surface area contributed by atoms with Gasteiger partial charge in [-0.3, -0.25) is 0 Å². The van der Waals surface area contributed by atoms with E-state index in [1.54, 1.807) is 6.92 Å². The number of nitrogens with zero attached hydrogens (tertiary/aromatic N) is 1. The van der Waals surface area contributed by atoms with Gasteiger partial charge in [-0.25, -0.2) is 4.79 Å². The first kappa shape index (κ1) is 12.3. The molecule has 2 atom stereocenters. The van der Waals surface area contributed by atoms with Crippen molar-refractivity contribution in [2.75, 3.05) is 19.6 Å². The molecule has 1 saturated heterocycles. The van der Waals surface area contributed by atoms with E-state index in [1.165, 1.54) is 19.3 Å². The summed E-state index contributed by atoms with van der Waals surface area (Å²) in [7, 11) is 0. The summed E-state index contributed by atoms with van der Waals surface area (Å²) in [5, 5.41) is 12.3. The first-order chi connectivity index (χ1) is 7.09. The second-order valence-electron chi connectivity index (χ2n) is 4.23. The van der Waals surface area contributed by atoms with E-state index in [0.29, 0.717) is 6.54 Å². The van der Waals surface area contributed by atoms with Crippen LogP contribution in [0.4, 0.5) is 4.79 Å². The van der Waals surface area contributed by atoms with Gasteiger partial charge >= 0.3 is 6.03 Å². The van der Waals surface area contributed by atoms with Crippen LogP contribution in [-0.2, 0) is 0 Å². The fourth-order valence-electron chi connectivity index (χ4n) is 1.89. The molecule has 1 heterocycles. The van der Waals surface area contributed by atoms with Gasteiger partial charge in [-0.15, -0.1) is 0 Å². The van der Waals surface area contributed by atoms with E-state index < -0.39 is 12.1 Å². The minimum absolute atomic E-state index is 0.288. The highest BCUT2D eigenvalue weighted by atomic mass is 16.3. The zero-order valence-electron chi connectivity index (χ0n) is 9.28. The number of piperidine rings is 1. The van der Waals surface area contributed by atoms with E-state index in [4.69, 9.17) is 5.73 Å². The SMILES string of the molecule is CC(NC(N)=O)C(O)CN1CCCCC1. The Balaban J connectivity index is 2.26. The molecule has 0 radical (unpaired) electrons. The molecule has 4 N–H and O–H groups in total. The van der Waals surface area contributed by atoms with Crippen LogP contribution in [0.2, 0.25) is 0 Å². The van der Waals surface area contributed by atoms with E-state index in [1.807, 2.05) is 0 Å². The van der Waals surface area contributed by atoms with E-state index in [-0.39, 0.29) is 6.04 Å². The highest BCUT2D eigenvalue weighted by Gasteiger charge is 2.19. The third-order valence-corrected chi connectivity index (χ3v) is 2.84. The molecule has 0 spiro atoms. The summed E-state index contributed by atoms with van der Waals surface area (Å²) in [4.78, 5) is 12.8. The second kappa shape index (κ2) is 5.92. The van der Waals surface area contributed by atoms with Crippen molar-refractivity contribution in [2.45, 2.75) is 38.3 Å². The van der Waals surface area contributed by atoms with Crippen molar-refractivity contribution in [1.82, 2.24) is 10.2 Å². The molecule has 88 valence electrons. The molecule has 2 unspecified atom stereocenters. The van der Waals surface area contributed by atoms with Crippen molar-refractivity contribution in [3.05, 3.63) is 0 Å². The number of amides is 2. The normalized spacial score (nSPS) is 22.0. The number of carbonyl (C=O) groups is 1. The predicted octanol–water partition coefficient (Wildman–Crippen LogP) is -0.110. The lowest BCUT2D eigenvalue weighted by Gasteiger charge is -2.30. The zero-order valence-corrected chi connectivity index (χ0v) is 9.28. The molecule has 1 fully saturated rings. The molecule has 1 aliphatic rings. The van der Waals surface area contributed by atoms with Crippen LogP contribution in [-0.4, -0.2) is 47.8 Å². The summed E-state index contributed by atoms with van der Waals surface area (Å²) >= 11 is 0. The second-order valence-corrected chi connectivity index (χ2v) is 4.23. The summed E-state index contributed by atoms with van der Waals surface area (Å²) in [6.45, 7) is 4.46. The number of aliphatic hydroxyl groups is 1. The smallest absolute Gasteiger partial charge is 0.312 e. The Morgan fingerprint density at radius 1 is 1.47 bits per heavy atom. The maximum absolute atomic E-state index is 10.6. The molecule has 0 aliphatic carbocycles. The Bertz CT molecular complexity index is 205. The van der Waals surface area contributed by atoms with Crippen LogP contribution < -0.4 is 11.1 Å². The summed E-state index contributed by atoms with van der Waals surface area (Å²) in [5.41, 5.74) is 4.99. The van der Waals surface area contributed by atoms with Crippen molar-refractivity contribution in [3.63, 3.8) is 0 Å². The fraction of sp³-hybridized carbons (Fsp3) is 0.900. The maximum Gasteiger partial charge on any atom is 0.312 e. The minimum Gasteiger partial charge on any atom is -0.390 e. The van der Waals surface area contributed by atoms with Crippen molar-refractivity contribution >= 4 is 6.03 Å². The summed E-state index contributed by atoms with van der Waals surface area (Å²) in [6.07, 6.45) is 3.13. The number of hydrogen-bond acceptors (Lipinski definition) is 3. The van der Waals surface area contributed by atoms with Gasteiger partial charge in [0.15, 0.2) is 0 Å². The Kier molecular flexibility index (Phi) is 4.84. The number of rotatable bonds is 4. The molecule has 0 aromatic rings. The molecular weight excluding hydrogens is 194 g/mol. The van der Waals surface area contributed by atoms with E-state index in [2.05, 4.69) is 10.2 Å². The van der Waals surface area contributed by atoms with Crippen molar-refractivity contribution < 1.29 is 9.90 Å². The number of urea groups is 1. The average molecular weight is 215 g/mol. The van der Waals surface area contributed by atoms with Crippen LogP contribution in [0.3, 0.4) is 0 Å². The minimum atomic E-state index is -0.583. The van der Waals surface area contributed by atoms with Crippen molar-refractivity contribution in [2.24, 2.45) is 5.73 Å². The Labute approximate surface area is 90.6 Å². The molecule has 0 aromatic carbocycles. The van der Waals surface area contributed by atoms with Gasteiger partial charge in [-0.05, 0) is 32.9 Å². The largest absolute Gasteiger partial charge is 0.390 e. The van der Waals surface area contributed by atoms with Gasteiger partial charge < -0.3 is 21.1 Å². The van der Waals surface area contributed by atoms with Crippen LogP contribution in [0.5, 0.6) is 0 Å². The number of likely N-dealkylation sites (tertiary alicyclic amines) is 1. The van der Waals surface area contributed by atoms with Gasteiger partial charge in [0.1, 0.15) is 0 Å². The standard InChI is InChI=1S/C10H21N3O2/c1-8(12-10(11)15)9(14)7-13-5-3-2-4-6-13/h8-9,14H,2-7H2,1H3,(H3,11,12,15). The number of nitrogens with two attached hydrogens (primary N) is 1. The molecule has 5 heteroatoms. The first-order valence-electron chi connectivity index (χ1n) is 5.56. The third kappa shape index (κ3) is 4.48. The van der Waals surface area contributed by atoms with Gasteiger partial charge in [0.25, 0.3) is 0 Å². The highest BCUT2D eigenvalue weighted by molar-refractivity contribution is 5.71. The summed E-state index contributed by atoms with van der Waals surface area (Å²) in [6, 6.07) is -0.871. The van der Waals surface area contributed by atoms with E-state index >= 15 is 0 Å². The lowest BCUT2D eigenvalue weighted by molar-refractivity contribution is 0.0787. The lowest BCUT2D eigenvalue weighted by Crippen LogP contribution is -2.49. The number of primary amides is 1. The molecule has 1 rings (SSSR count). The number of carbonyl (C=O) groups excluding carboxylic acids is 1. The third-order valence-electron chi connectivity index (χ3n) is 2.84. The first-order valence-corrected chi connectivity index (χ1v) is 5.56. The number of aliphatic hydroxyl groups excluding tert-OH is 1. The van der Waals surface area contributed by atoms with E-state index in [9.17, 15) is 9.90 Å². The molecule has 0 bridgehead atoms. The van der Waals surface area contributed by atoms with Gasteiger partial charge in [0.05, 0.1) is 12.1 Å². The highest BCUT2D eigenvalue weighted by Crippen LogP contribution is 2.09. The van der Waals surface area contributed by atoms with Crippen LogP contribution in [0.15, 0.2) is 0 Å². The number of hydrogen-bond donors (Lipinski definition) is 3. The lowest BCUT2D eigenvalue weighted by atomic mass is 10.1. The topological polar surface area (TPSA) is 78.6 Å². The predicted molar refractivity (Wildman–Crippen MR) is 58.5 cm³/mol. The molecule has 2 amide bonds. The summed E-state index contributed by atoms with van der Waals surface area (Å²) < 4.78 is 0. The van der Waals surface area contributed by atoms with E-state index in [0.717, 1.165) is 13.1 Å². The summed E-state index contributed by atoms with van der Waals surface area (Å²) in [5.74, 6) is 0. The molecule has 0 aromatic heterocycles. The monoisotopic (exact) mass is 215 g/mol. The van der Waals surface area contributed by atoms with Gasteiger partial charge in [0.2, 0.25) is 0 Å². The van der Waals surface area contributed by atoms with Crippen LogP contribution in [0.1, 0.15) is 26.2 Å². The fourth-order valence-corrected chi connectivity index (χ4v) is 1.89. The van der Waals surface area contributed by atoms with Gasteiger partial charge in [0, 0.05) is 6.54 Å². The van der Waals surface area contributed by atoms with Crippen molar-refractivity contribution in [1.29, 1.82) is 0 Å². The Morgan fingerprint density at radius 3 is 2.60 bits per heavy atom. The molecule has 0 saturated carbocycles. The molecule has 5 nitrogen and oxygen atoms in total. The maximum atomic E-state index is 10.6. The molecular formula is C10H21N3O2. The Hall–Kier alpha value is -0.810. The van der Waals surface area contributed by atoms with Crippen LogP contribution in [0.25, 0.3) is 0 Å². The van der Waals surface area contributed by atoms with Gasteiger partial charge in [-0.2, -0.15) is 0 Å². The zero-order chi connectivity index (χ0) is 11.3. The van der Waals surface area contributed by atoms with Crippen LogP contribution in [0, 0.1) is 0 Å². The van der Waals surface area contributed by atoms with Crippen molar-refractivity contribution in [3.8, 4) is 0 Å².